The molecule has 1 aliphatic heterocycles. The van der Waals surface area contributed by atoms with Gasteiger partial charge in [0, 0.05) is 33.2 Å². The van der Waals surface area contributed by atoms with E-state index in [1.165, 1.54) is 11.1 Å². The summed E-state index contributed by atoms with van der Waals surface area (Å²) in [5.41, 5.74) is 2.48. The average Bonchev–Trinajstić information content (AvgIpc) is 3.21. The molecule has 1 aromatic heterocycles. The molecule has 1 aliphatic carbocycles. The Morgan fingerprint density at radius 1 is 1.00 bits per heavy atom. The lowest BCUT2D eigenvalue weighted by Gasteiger charge is -2.34. The van der Waals surface area contributed by atoms with Crippen molar-refractivity contribution < 1.29 is 8.42 Å². The maximum atomic E-state index is 13.0. The van der Waals surface area contributed by atoms with Crippen LogP contribution < -0.4 is 4.90 Å². The predicted octanol–water partition coefficient (Wildman–Crippen LogP) is 1.12. The third-order valence-electron chi connectivity index (χ3n) is 5.30. The van der Waals surface area contributed by atoms with Crippen molar-refractivity contribution in [2.24, 2.45) is 7.05 Å². The van der Waals surface area contributed by atoms with Crippen LogP contribution in [0.4, 0.5) is 5.95 Å². The monoisotopic (exact) mass is 361 g/mol. The van der Waals surface area contributed by atoms with Gasteiger partial charge in [0.25, 0.3) is 0 Å². The first kappa shape index (κ1) is 16.5. The molecule has 0 N–H and O–H groups in total. The first-order valence-electron chi connectivity index (χ1n) is 8.70. The number of rotatable bonds is 3. The first-order valence-corrected chi connectivity index (χ1v) is 10.1. The molecule has 0 saturated carbocycles. The normalized spacial score (nSPS) is 18.6. The predicted molar refractivity (Wildman–Crippen MR) is 95.2 cm³/mol. The van der Waals surface area contributed by atoms with Crippen LogP contribution in [0, 0.1) is 6.92 Å². The van der Waals surface area contributed by atoms with Crippen molar-refractivity contribution in [2.75, 3.05) is 31.1 Å². The van der Waals surface area contributed by atoms with Gasteiger partial charge in [-0.25, -0.2) is 8.42 Å². The summed E-state index contributed by atoms with van der Waals surface area (Å²) in [5.74, 6) is 1.65. The van der Waals surface area contributed by atoms with Crippen molar-refractivity contribution in [1.29, 1.82) is 0 Å². The van der Waals surface area contributed by atoms with Crippen LogP contribution in [0.5, 0.6) is 0 Å². The molecule has 8 heteroatoms. The van der Waals surface area contributed by atoms with Crippen LogP contribution in [0.15, 0.2) is 23.1 Å². The Labute approximate surface area is 148 Å². The zero-order valence-corrected chi connectivity index (χ0v) is 15.5. The molecule has 1 aromatic carbocycles. The molecule has 0 atom stereocenters. The summed E-state index contributed by atoms with van der Waals surface area (Å²) in [7, 11) is -1.50. The molecule has 2 aliphatic rings. The van der Waals surface area contributed by atoms with Crippen LogP contribution in [-0.2, 0) is 29.9 Å². The van der Waals surface area contributed by atoms with Crippen molar-refractivity contribution in [3.8, 4) is 0 Å². The smallest absolute Gasteiger partial charge is 0.243 e. The molecular weight excluding hydrogens is 338 g/mol. The molecule has 0 unspecified atom stereocenters. The summed E-state index contributed by atoms with van der Waals surface area (Å²) in [6.45, 7) is 4.08. The van der Waals surface area contributed by atoms with E-state index in [1.54, 1.807) is 10.4 Å². The van der Waals surface area contributed by atoms with E-state index >= 15 is 0 Å². The van der Waals surface area contributed by atoms with E-state index in [2.05, 4.69) is 15.1 Å². The Hall–Kier alpha value is -1.93. The van der Waals surface area contributed by atoms with Crippen molar-refractivity contribution in [3.05, 3.63) is 35.2 Å². The van der Waals surface area contributed by atoms with Gasteiger partial charge in [0.2, 0.25) is 16.0 Å². The number of fused-ring (bicyclic) bond motifs is 1. The molecule has 134 valence electrons. The minimum atomic E-state index is -3.43. The average molecular weight is 361 g/mol. The van der Waals surface area contributed by atoms with E-state index < -0.39 is 10.0 Å². The highest BCUT2D eigenvalue weighted by atomic mass is 32.2. The second-order valence-electron chi connectivity index (χ2n) is 6.78. The summed E-state index contributed by atoms with van der Waals surface area (Å²) in [6, 6.07) is 5.61. The lowest BCUT2D eigenvalue weighted by atomic mass is 10.1. The number of piperazine rings is 1. The molecule has 1 fully saturated rings. The van der Waals surface area contributed by atoms with Crippen molar-refractivity contribution in [2.45, 2.75) is 31.1 Å². The van der Waals surface area contributed by atoms with E-state index in [1.807, 2.05) is 30.7 Å². The molecule has 2 heterocycles. The van der Waals surface area contributed by atoms with Crippen molar-refractivity contribution >= 4 is 16.0 Å². The van der Waals surface area contributed by atoms with Crippen LogP contribution in [0.25, 0.3) is 0 Å². The summed E-state index contributed by atoms with van der Waals surface area (Å²) >= 11 is 0. The number of hydrogen-bond acceptors (Lipinski definition) is 5. The fraction of sp³-hybridized carbons (Fsp3) is 0.529. The molecule has 4 rings (SSSR count). The summed E-state index contributed by atoms with van der Waals surface area (Å²) in [4.78, 5) is 2.52. The van der Waals surface area contributed by atoms with Crippen LogP contribution >= 0.6 is 0 Å². The van der Waals surface area contributed by atoms with Crippen LogP contribution in [0.3, 0.4) is 0 Å². The lowest BCUT2D eigenvalue weighted by molar-refractivity contribution is 0.381. The van der Waals surface area contributed by atoms with Gasteiger partial charge in [-0.2, -0.15) is 4.31 Å². The van der Waals surface area contributed by atoms with Crippen LogP contribution in [-0.4, -0.2) is 53.7 Å². The maximum absolute atomic E-state index is 13.0. The van der Waals surface area contributed by atoms with Crippen molar-refractivity contribution in [3.63, 3.8) is 0 Å². The fourth-order valence-electron chi connectivity index (χ4n) is 3.66. The largest absolute Gasteiger partial charge is 0.338 e. The van der Waals surface area contributed by atoms with Gasteiger partial charge in [0.15, 0.2) is 0 Å². The Morgan fingerprint density at radius 3 is 2.40 bits per heavy atom. The molecule has 2 aromatic rings. The maximum Gasteiger partial charge on any atom is 0.243 e. The summed E-state index contributed by atoms with van der Waals surface area (Å²) in [6.07, 6.45) is 3.16. The molecule has 0 amide bonds. The first-order chi connectivity index (χ1) is 12.0. The standard InChI is InChI=1S/C17H23N5O2S/c1-13-18-19-17(20(13)2)21-8-10-22(11-9-21)25(23,24)16-7-6-14-4-3-5-15(14)12-16/h6-7,12H,3-5,8-11H2,1-2H3. The molecule has 1 saturated heterocycles. The number of nitrogens with zero attached hydrogens (tertiary/aromatic N) is 5. The van der Waals surface area contributed by atoms with Crippen molar-refractivity contribution in [1.82, 2.24) is 19.1 Å². The molecule has 7 nitrogen and oxygen atoms in total. The zero-order valence-electron chi connectivity index (χ0n) is 14.6. The Bertz CT molecular complexity index is 898. The Kier molecular flexibility index (Phi) is 4.04. The number of anilines is 1. The second kappa shape index (κ2) is 6.10. The van der Waals surface area contributed by atoms with Gasteiger partial charge < -0.3 is 9.47 Å². The number of hydrogen-bond donors (Lipinski definition) is 0. The van der Waals surface area contributed by atoms with Gasteiger partial charge in [-0.15, -0.1) is 10.2 Å². The summed E-state index contributed by atoms with van der Waals surface area (Å²) < 4.78 is 29.5. The van der Waals surface area contributed by atoms with E-state index in [-0.39, 0.29) is 0 Å². The number of benzene rings is 1. The highest BCUT2D eigenvalue weighted by molar-refractivity contribution is 7.89. The number of sulfonamides is 1. The third-order valence-corrected chi connectivity index (χ3v) is 7.19. The van der Waals surface area contributed by atoms with Gasteiger partial charge in [-0.1, -0.05) is 6.07 Å². The minimum absolute atomic E-state index is 0.427. The molecule has 25 heavy (non-hydrogen) atoms. The zero-order chi connectivity index (χ0) is 17.6. The minimum Gasteiger partial charge on any atom is -0.338 e. The number of aromatic nitrogens is 3. The SMILES string of the molecule is Cc1nnc(N2CCN(S(=O)(=O)c3ccc4c(c3)CCC4)CC2)n1C. The van der Waals surface area contributed by atoms with Gasteiger partial charge in [0.05, 0.1) is 4.90 Å². The van der Waals surface area contributed by atoms with Crippen LogP contribution in [0.2, 0.25) is 0 Å². The quantitative estimate of drug-likeness (QED) is 0.819. The van der Waals surface area contributed by atoms with Gasteiger partial charge in [-0.3, -0.25) is 0 Å². The topological polar surface area (TPSA) is 71.3 Å². The Balaban J connectivity index is 1.51. The van der Waals surface area contributed by atoms with E-state index in [4.69, 9.17) is 0 Å². The van der Waals surface area contributed by atoms with E-state index in [0.717, 1.165) is 31.0 Å². The summed E-state index contributed by atoms with van der Waals surface area (Å²) in [5, 5.41) is 8.27. The van der Waals surface area contributed by atoms with E-state index in [9.17, 15) is 8.42 Å². The van der Waals surface area contributed by atoms with Gasteiger partial charge in [-0.05, 0) is 49.4 Å². The van der Waals surface area contributed by atoms with Gasteiger partial charge in [0.1, 0.15) is 5.82 Å². The van der Waals surface area contributed by atoms with Gasteiger partial charge >= 0.3 is 0 Å². The highest BCUT2D eigenvalue weighted by Crippen LogP contribution is 2.27. The molecule has 0 radical (unpaired) electrons. The highest BCUT2D eigenvalue weighted by Gasteiger charge is 2.30. The number of aryl methyl sites for hydroxylation is 3. The molecule has 0 bridgehead atoms. The fourth-order valence-corrected chi connectivity index (χ4v) is 5.13. The van der Waals surface area contributed by atoms with Crippen LogP contribution in [0.1, 0.15) is 23.4 Å². The Morgan fingerprint density at radius 2 is 1.72 bits per heavy atom. The van der Waals surface area contributed by atoms with E-state index in [0.29, 0.717) is 31.1 Å². The third kappa shape index (κ3) is 2.83. The molecule has 0 spiro atoms. The second-order valence-corrected chi connectivity index (χ2v) is 8.72. The lowest BCUT2D eigenvalue weighted by Crippen LogP contribution is -2.49. The molecular formula is C17H23N5O2S.